The van der Waals surface area contributed by atoms with E-state index in [2.05, 4.69) is 60.7 Å². The lowest BCUT2D eigenvalue weighted by Crippen LogP contribution is -3.11. The Hall–Kier alpha value is -2.33. The number of carbonyl (C=O) groups is 1. The minimum absolute atomic E-state index is 0.146. The van der Waals surface area contributed by atoms with Crippen molar-refractivity contribution in [2.75, 3.05) is 38.6 Å². The lowest BCUT2D eigenvalue weighted by Gasteiger charge is -2.26. The number of likely N-dealkylation sites (tertiary alicyclic amines) is 1. The van der Waals surface area contributed by atoms with Gasteiger partial charge in [-0.25, -0.2) is 0 Å². The second-order valence-corrected chi connectivity index (χ2v) is 7.69. The van der Waals surface area contributed by atoms with E-state index in [9.17, 15) is 4.79 Å². The molecule has 0 aliphatic carbocycles. The molecule has 0 unspecified atom stereocenters. The molecule has 1 amide bonds. The molecular weight excluding hydrogens is 334 g/mol. The van der Waals surface area contributed by atoms with Gasteiger partial charge in [0.1, 0.15) is 6.04 Å². The van der Waals surface area contributed by atoms with Crippen molar-refractivity contribution >= 4 is 11.6 Å². The molecule has 1 aliphatic heterocycles. The first kappa shape index (κ1) is 19.4. The van der Waals surface area contributed by atoms with Gasteiger partial charge in [-0.15, -0.1) is 0 Å². The van der Waals surface area contributed by atoms with Crippen LogP contribution in [0.25, 0.3) is 0 Å². The van der Waals surface area contributed by atoms with Crippen molar-refractivity contribution in [2.24, 2.45) is 0 Å². The van der Waals surface area contributed by atoms with Crippen LogP contribution in [0.4, 0.5) is 5.69 Å². The number of nitrogens with one attached hydrogen (secondary N) is 2. The van der Waals surface area contributed by atoms with E-state index < -0.39 is 0 Å². The van der Waals surface area contributed by atoms with Gasteiger partial charge in [0, 0.05) is 44.6 Å². The van der Waals surface area contributed by atoms with Gasteiger partial charge in [0.2, 0.25) is 5.91 Å². The highest BCUT2D eigenvalue weighted by Gasteiger charge is 2.27. The SMILES string of the molecule is CN(C)c1ccc([C@@H](CNC(=O)CCc2ccccc2)[NH+]2CCCC2)cc1. The molecule has 27 heavy (non-hydrogen) atoms. The largest absolute Gasteiger partial charge is 0.378 e. The maximum atomic E-state index is 12.4. The minimum atomic E-state index is 0.146. The zero-order valence-electron chi connectivity index (χ0n) is 16.6. The normalized spacial score (nSPS) is 15.5. The summed E-state index contributed by atoms with van der Waals surface area (Å²) in [6.07, 6.45) is 3.91. The fourth-order valence-electron chi connectivity index (χ4n) is 3.89. The molecule has 0 saturated carbocycles. The predicted octanol–water partition coefficient (Wildman–Crippen LogP) is 2.22. The predicted molar refractivity (Wildman–Crippen MR) is 111 cm³/mol. The fraction of sp³-hybridized carbons (Fsp3) is 0.435. The number of hydrogen-bond acceptors (Lipinski definition) is 2. The van der Waals surface area contributed by atoms with Gasteiger partial charge >= 0.3 is 0 Å². The maximum Gasteiger partial charge on any atom is 0.220 e. The molecule has 1 fully saturated rings. The van der Waals surface area contributed by atoms with Gasteiger partial charge in [-0.05, 0) is 24.1 Å². The molecule has 3 rings (SSSR count). The van der Waals surface area contributed by atoms with Crippen molar-refractivity contribution in [3.8, 4) is 0 Å². The van der Waals surface area contributed by atoms with E-state index in [0.717, 1.165) is 6.42 Å². The third-order valence-electron chi connectivity index (χ3n) is 5.54. The van der Waals surface area contributed by atoms with Crippen LogP contribution >= 0.6 is 0 Å². The van der Waals surface area contributed by atoms with Crippen LogP contribution < -0.4 is 15.1 Å². The van der Waals surface area contributed by atoms with Crippen molar-refractivity contribution in [1.29, 1.82) is 0 Å². The molecule has 0 aromatic heterocycles. The van der Waals surface area contributed by atoms with Crippen LogP contribution in [0.3, 0.4) is 0 Å². The van der Waals surface area contributed by atoms with Crippen molar-refractivity contribution in [1.82, 2.24) is 5.32 Å². The quantitative estimate of drug-likeness (QED) is 0.752. The number of quaternary nitrogens is 1. The van der Waals surface area contributed by atoms with Crippen LogP contribution in [0.2, 0.25) is 0 Å². The highest BCUT2D eigenvalue weighted by atomic mass is 16.1. The second-order valence-electron chi connectivity index (χ2n) is 7.69. The number of hydrogen-bond donors (Lipinski definition) is 2. The lowest BCUT2D eigenvalue weighted by atomic mass is 10.0. The first-order chi connectivity index (χ1) is 13.1. The molecular formula is C23H32N3O+. The molecule has 4 heteroatoms. The Morgan fingerprint density at radius 3 is 2.33 bits per heavy atom. The van der Waals surface area contributed by atoms with Gasteiger partial charge in [-0.2, -0.15) is 0 Å². The number of amides is 1. The monoisotopic (exact) mass is 366 g/mol. The molecule has 2 N–H and O–H groups in total. The summed E-state index contributed by atoms with van der Waals surface area (Å²) >= 11 is 0. The zero-order valence-corrected chi connectivity index (χ0v) is 16.6. The lowest BCUT2D eigenvalue weighted by molar-refractivity contribution is -0.918. The van der Waals surface area contributed by atoms with E-state index in [4.69, 9.17) is 0 Å². The van der Waals surface area contributed by atoms with Crippen LogP contribution in [0.5, 0.6) is 0 Å². The maximum absolute atomic E-state index is 12.4. The molecule has 1 heterocycles. The molecule has 1 aliphatic rings. The highest BCUT2D eigenvalue weighted by Crippen LogP contribution is 2.17. The van der Waals surface area contributed by atoms with Gasteiger partial charge in [-0.3, -0.25) is 4.79 Å². The second kappa shape index (κ2) is 9.56. The average Bonchev–Trinajstić information content (AvgIpc) is 3.22. The number of benzene rings is 2. The molecule has 2 aromatic rings. The van der Waals surface area contributed by atoms with Crippen molar-refractivity contribution in [3.63, 3.8) is 0 Å². The van der Waals surface area contributed by atoms with Gasteiger partial charge in [-0.1, -0.05) is 42.5 Å². The summed E-state index contributed by atoms with van der Waals surface area (Å²) in [6.45, 7) is 3.10. The summed E-state index contributed by atoms with van der Waals surface area (Å²) in [7, 11) is 4.12. The first-order valence-electron chi connectivity index (χ1n) is 10.1. The Kier molecular flexibility index (Phi) is 6.88. The van der Waals surface area contributed by atoms with Gasteiger partial charge in [0.05, 0.1) is 19.6 Å². The van der Waals surface area contributed by atoms with Crippen LogP contribution in [-0.2, 0) is 11.2 Å². The standard InChI is InChI=1S/C23H31N3O/c1-25(2)21-13-11-20(12-14-21)22(26-16-6-7-17-26)18-24-23(27)15-10-19-8-4-3-5-9-19/h3-5,8-9,11-14,22H,6-7,10,15-18H2,1-2H3,(H,24,27)/p+1/t22-/m1/s1. The Labute approximate surface area is 163 Å². The van der Waals surface area contributed by atoms with E-state index in [1.165, 1.54) is 42.7 Å². The van der Waals surface area contributed by atoms with E-state index in [0.29, 0.717) is 19.0 Å². The molecule has 0 spiro atoms. The first-order valence-corrected chi connectivity index (χ1v) is 10.1. The van der Waals surface area contributed by atoms with Crippen LogP contribution in [0.15, 0.2) is 54.6 Å². The number of rotatable bonds is 8. The summed E-state index contributed by atoms with van der Waals surface area (Å²) in [5.74, 6) is 0.146. The molecule has 144 valence electrons. The number of carbonyl (C=O) groups excluding carboxylic acids is 1. The molecule has 0 bridgehead atoms. The third-order valence-corrected chi connectivity index (χ3v) is 5.54. The third kappa shape index (κ3) is 5.57. The number of nitrogens with zero attached hydrogens (tertiary/aromatic N) is 1. The van der Waals surface area contributed by atoms with Crippen LogP contribution in [0.1, 0.15) is 36.4 Å². The molecule has 2 aromatic carbocycles. The topological polar surface area (TPSA) is 36.8 Å². The van der Waals surface area contributed by atoms with Gasteiger partial charge < -0.3 is 15.1 Å². The Morgan fingerprint density at radius 1 is 1.04 bits per heavy atom. The summed E-state index contributed by atoms with van der Waals surface area (Å²) < 4.78 is 0. The summed E-state index contributed by atoms with van der Waals surface area (Å²) in [4.78, 5) is 16.1. The summed E-state index contributed by atoms with van der Waals surface area (Å²) in [6, 6.07) is 19.4. The minimum Gasteiger partial charge on any atom is -0.378 e. The smallest absolute Gasteiger partial charge is 0.220 e. The van der Waals surface area contributed by atoms with Gasteiger partial charge in [0.25, 0.3) is 0 Å². The summed E-state index contributed by atoms with van der Waals surface area (Å²) in [5, 5.41) is 3.20. The van der Waals surface area contributed by atoms with Crippen molar-refractivity contribution in [2.45, 2.75) is 31.7 Å². The Bertz CT molecular complexity index is 706. The van der Waals surface area contributed by atoms with Crippen molar-refractivity contribution < 1.29 is 9.69 Å². The zero-order chi connectivity index (χ0) is 19.1. The fourth-order valence-corrected chi connectivity index (χ4v) is 3.89. The number of aryl methyl sites for hydroxylation is 1. The molecule has 0 radical (unpaired) electrons. The van der Waals surface area contributed by atoms with E-state index in [-0.39, 0.29) is 5.91 Å². The van der Waals surface area contributed by atoms with Crippen LogP contribution in [0, 0.1) is 0 Å². The van der Waals surface area contributed by atoms with Gasteiger partial charge in [0.15, 0.2) is 0 Å². The van der Waals surface area contributed by atoms with E-state index in [1.54, 1.807) is 4.90 Å². The Balaban J connectivity index is 1.59. The highest BCUT2D eigenvalue weighted by molar-refractivity contribution is 5.76. The Morgan fingerprint density at radius 2 is 1.70 bits per heavy atom. The summed E-state index contributed by atoms with van der Waals surface area (Å²) in [5.41, 5.74) is 3.75. The molecule has 1 atom stereocenters. The average molecular weight is 367 g/mol. The van der Waals surface area contributed by atoms with Crippen LogP contribution in [-0.4, -0.2) is 39.6 Å². The van der Waals surface area contributed by atoms with E-state index >= 15 is 0 Å². The molecule has 4 nitrogen and oxygen atoms in total. The number of anilines is 1. The molecule has 1 saturated heterocycles. The van der Waals surface area contributed by atoms with Crippen molar-refractivity contribution in [3.05, 3.63) is 65.7 Å². The van der Waals surface area contributed by atoms with E-state index in [1.807, 2.05) is 18.2 Å².